The number of ether oxygens (including phenoxy) is 1. The lowest BCUT2D eigenvalue weighted by Gasteiger charge is -2.36. The Morgan fingerprint density at radius 2 is 2.08 bits per heavy atom. The molecule has 0 spiro atoms. The Morgan fingerprint density at radius 1 is 1.36 bits per heavy atom. The maximum Gasteiger partial charge on any atom is 0.308 e. The summed E-state index contributed by atoms with van der Waals surface area (Å²) in [7, 11) is 1.26. The zero-order valence-corrected chi connectivity index (χ0v) is 14.8. The molecule has 1 aromatic rings. The van der Waals surface area contributed by atoms with Crippen LogP contribution in [0.15, 0.2) is 30.3 Å². The van der Waals surface area contributed by atoms with Gasteiger partial charge in [0.05, 0.1) is 13.5 Å². The Balaban J connectivity index is 1.91. The van der Waals surface area contributed by atoms with Gasteiger partial charge >= 0.3 is 5.97 Å². The molecule has 0 aliphatic carbocycles. The fourth-order valence-corrected chi connectivity index (χ4v) is 2.89. The van der Waals surface area contributed by atoms with Crippen molar-refractivity contribution < 1.29 is 19.1 Å². The Hall–Kier alpha value is -2.48. The molecular formula is C17H21N3O4S. The monoisotopic (exact) mass is 363 g/mol. The van der Waals surface area contributed by atoms with E-state index in [1.807, 2.05) is 30.3 Å². The molecule has 1 aromatic carbocycles. The summed E-state index contributed by atoms with van der Waals surface area (Å²) < 4.78 is 4.62. The molecule has 0 unspecified atom stereocenters. The first kappa shape index (κ1) is 18.9. The van der Waals surface area contributed by atoms with Gasteiger partial charge in [-0.1, -0.05) is 30.3 Å². The zero-order valence-electron chi connectivity index (χ0n) is 14.0. The molecule has 0 aromatic heterocycles. The fraction of sp³-hybridized carbons (Fsp3) is 0.412. The van der Waals surface area contributed by atoms with Gasteiger partial charge in [-0.25, -0.2) is 0 Å². The third-order valence-electron chi connectivity index (χ3n) is 3.91. The van der Waals surface area contributed by atoms with Crippen molar-refractivity contribution in [3.63, 3.8) is 0 Å². The molecule has 25 heavy (non-hydrogen) atoms. The number of nitrogens with one attached hydrogen (secondary N) is 2. The van der Waals surface area contributed by atoms with Gasteiger partial charge in [-0.3, -0.25) is 14.4 Å². The molecule has 2 N–H and O–H groups in total. The van der Waals surface area contributed by atoms with Crippen molar-refractivity contribution in [3.05, 3.63) is 35.9 Å². The molecule has 134 valence electrons. The average molecular weight is 363 g/mol. The van der Waals surface area contributed by atoms with Crippen LogP contribution < -0.4 is 10.6 Å². The van der Waals surface area contributed by atoms with Crippen LogP contribution in [0, 0.1) is 0 Å². The minimum atomic E-state index is -0.775. The van der Waals surface area contributed by atoms with Crippen molar-refractivity contribution in [3.8, 4) is 0 Å². The number of rotatable bonds is 5. The lowest BCUT2D eigenvalue weighted by atomic mass is 10.1. The molecule has 0 saturated carbocycles. The fourth-order valence-electron chi connectivity index (χ4n) is 2.56. The molecule has 1 fully saturated rings. The van der Waals surface area contributed by atoms with Crippen molar-refractivity contribution in [1.82, 2.24) is 15.5 Å². The van der Waals surface area contributed by atoms with E-state index in [1.54, 1.807) is 4.90 Å². The predicted molar refractivity (Wildman–Crippen MR) is 95.6 cm³/mol. The Bertz CT molecular complexity index is 651. The van der Waals surface area contributed by atoms with Gasteiger partial charge in [0, 0.05) is 19.5 Å². The predicted octanol–water partition coefficient (Wildman–Crippen LogP) is 0.384. The first-order chi connectivity index (χ1) is 12.0. The highest BCUT2D eigenvalue weighted by atomic mass is 32.1. The number of thiocarbonyl (C=S) groups is 1. The molecule has 0 bridgehead atoms. The summed E-state index contributed by atoms with van der Waals surface area (Å²) in [5, 5.41) is 5.49. The van der Waals surface area contributed by atoms with Crippen molar-refractivity contribution >= 4 is 35.1 Å². The highest BCUT2D eigenvalue weighted by Gasteiger charge is 2.33. The molecule has 2 rings (SSSR count). The quantitative estimate of drug-likeness (QED) is 0.581. The summed E-state index contributed by atoms with van der Waals surface area (Å²) in [6.45, 7) is 0.821. The van der Waals surface area contributed by atoms with Crippen molar-refractivity contribution in [2.45, 2.75) is 25.3 Å². The third kappa shape index (κ3) is 5.53. The van der Waals surface area contributed by atoms with Crippen LogP contribution in [0.1, 0.15) is 18.4 Å². The van der Waals surface area contributed by atoms with Crippen LogP contribution in [-0.2, 0) is 25.5 Å². The molecule has 1 atom stereocenters. The number of esters is 1. The number of benzene rings is 1. The van der Waals surface area contributed by atoms with E-state index >= 15 is 0 Å². The van der Waals surface area contributed by atoms with Crippen LogP contribution in [0.5, 0.6) is 0 Å². The summed E-state index contributed by atoms with van der Waals surface area (Å²) in [4.78, 5) is 37.2. The van der Waals surface area contributed by atoms with Gasteiger partial charge in [-0.15, -0.1) is 0 Å². The Morgan fingerprint density at radius 3 is 2.76 bits per heavy atom. The number of amides is 2. The second kappa shape index (κ2) is 9.12. The summed E-state index contributed by atoms with van der Waals surface area (Å²) in [5.41, 5.74) is 1.06. The van der Waals surface area contributed by atoms with E-state index in [2.05, 4.69) is 15.4 Å². The largest absolute Gasteiger partial charge is 0.469 e. The second-order valence-electron chi connectivity index (χ2n) is 5.62. The number of carbonyl (C=O) groups excluding carboxylic acids is 3. The number of carbonyl (C=O) groups is 3. The minimum absolute atomic E-state index is 0.123. The van der Waals surface area contributed by atoms with Crippen molar-refractivity contribution in [1.29, 1.82) is 0 Å². The minimum Gasteiger partial charge on any atom is -0.469 e. The van der Waals surface area contributed by atoms with Gasteiger partial charge in [-0.05, 0) is 24.2 Å². The van der Waals surface area contributed by atoms with Gasteiger partial charge in [0.2, 0.25) is 11.8 Å². The highest BCUT2D eigenvalue weighted by Crippen LogP contribution is 2.11. The second-order valence-corrected chi connectivity index (χ2v) is 6.01. The smallest absolute Gasteiger partial charge is 0.308 e. The molecule has 0 radical (unpaired) electrons. The number of piperazine rings is 1. The van der Waals surface area contributed by atoms with E-state index in [9.17, 15) is 14.4 Å². The molecule has 1 saturated heterocycles. The van der Waals surface area contributed by atoms with Crippen LogP contribution in [0.2, 0.25) is 0 Å². The molecule has 1 aliphatic rings. The van der Waals surface area contributed by atoms with Crippen LogP contribution in [0.3, 0.4) is 0 Å². The first-order valence-corrected chi connectivity index (χ1v) is 8.41. The first-order valence-electron chi connectivity index (χ1n) is 8.00. The van der Waals surface area contributed by atoms with E-state index in [0.717, 1.165) is 5.56 Å². The summed E-state index contributed by atoms with van der Waals surface area (Å²) in [5.74, 6) is -1.04. The van der Waals surface area contributed by atoms with Crippen LogP contribution in [-0.4, -0.2) is 54.0 Å². The number of nitrogens with zero attached hydrogens (tertiary/aromatic N) is 1. The lowest BCUT2D eigenvalue weighted by molar-refractivity contribution is -0.144. The molecule has 1 heterocycles. The van der Waals surface area contributed by atoms with Gasteiger partial charge in [0.25, 0.3) is 0 Å². The van der Waals surface area contributed by atoms with Crippen LogP contribution in [0.25, 0.3) is 0 Å². The zero-order chi connectivity index (χ0) is 18.2. The standard InChI is InChI=1S/C17H21N3O4S/c1-24-15(22)11-13-16(23)18-9-10-20(13)17(25)19-14(21)8-7-12-5-3-2-4-6-12/h2-6,13H,7-11H2,1H3,(H,18,23)(H,19,21,25)/t13-/m0/s1. The SMILES string of the molecule is COC(=O)C[C@H]1C(=O)NCCN1C(=S)NC(=O)CCc1ccccc1. The molecule has 2 amide bonds. The number of hydrogen-bond acceptors (Lipinski definition) is 5. The molecular weight excluding hydrogens is 342 g/mol. The third-order valence-corrected chi connectivity index (χ3v) is 4.25. The molecule has 8 heteroatoms. The summed E-state index contributed by atoms with van der Waals surface area (Å²) in [6, 6.07) is 8.88. The van der Waals surface area contributed by atoms with Crippen LogP contribution >= 0.6 is 12.2 Å². The maximum absolute atomic E-state index is 12.1. The normalized spacial score (nSPS) is 16.8. The van der Waals surface area contributed by atoms with Gasteiger partial charge in [0.15, 0.2) is 5.11 Å². The van der Waals surface area contributed by atoms with Crippen LogP contribution in [0.4, 0.5) is 0 Å². The topological polar surface area (TPSA) is 87.7 Å². The Kier molecular flexibility index (Phi) is 6.88. The molecule has 7 nitrogen and oxygen atoms in total. The summed E-state index contributed by atoms with van der Waals surface area (Å²) >= 11 is 5.26. The van der Waals surface area contributed by atoms with Crippen molar-refractivity contribution in [2.75, 3.05) is 20.2 Å². The highest BCUT2D eigenvalue weighted by molar-refractivity contribution is 7.80. The van der Waals surface area contributed by atoms with Gasteiger partial charge < -0.3 is 20.3 Å². The Labute approximate surface area is 151 Å². The van der Waals surface area contributed by atoms with Gasteiger partial charge in [-0.2, -0.15) is 0 Å². The molecule has 1 aliphatic heterocycles. The van der Waals surface area contributed by atoms with Crippen molar-refractivity contribution in [2.24, 2.45) is 0 Å². The number of hydrogen-bond donors (Lipinski definition) is 2. The lowest BCUT2D eigenvalue weighted by Crippen LogP contribution is -2.60. The van der Waals surface area contributed by atoms with E-state index in [0.29, 0.717) is 19.5 Å². The maximum atomic E-state index is 12.1. The number of aryl methyl sites for hydroxylation is 1. The van der Waals surface area contributed by atoms with E-state index in [4.69, 9.17) is 12.2 Å². The summed E-state index contributed by atoms with van der Waals surface area (Å²) in [6.07, 6.45) is 0.760. The van der Waals surface area contributed by atoms with E-state index < -0.39 is 12.0 Å². The number of methoxy groups -OCH3 is 1. The average Bonchev–Trinajstić information content (AvgIpc) is 2.62. The van der Waals surface area contributed by atoms with Gasteiger partial charge in [0.1, 0.15) is 6.04 Å². The van der Waals surface area contributed by atoms with E-state index in [1.165, 1.54) is 7.11 Å². The van der Waals surface area contributed by atoms with E-state index in [-0.39, 0.29) is 29.8 Å².